The quantitative estimate of drug-likeness (QED) is 0.460. The van der Waals surface area contributed by atoms with Crippen LogP contribution in [-0.2, 0) is 4.79 Å². The van der Waals surface area contributed by atoms with Gasteiger partial charge in [0.25, 0.3) is 0 Å². The summed E-state index contributed by atoms with van der Waals surface area (Å²) in [6.07, 6.45) is 4.72. The molecule has 0 aromatic heterocycles. The fourth-order valence-electron chi connectivity index (χ4n) is 3.32. The first-order valence-electron chi connectivity index (χ1n) is 10.1. The second-order valence-electron chi connectivity index (χ2n) is 8.42. The predicted molar refractivity (Wildman–Crippen MR) is 113 cm³/mol. The van der Waals surface area contributed by atoms with Gasteiger partial charge in [0.2, 0.25) is 5.91 Å². The number of amides is 1. The van der Waals surface area contributed by atoms with E-state index in [0.717, 1.165) is 43.3 Å². The van der Waals surface area contributed by atoms with Crippen LogP contribution >= 0.6 is 0 Å². The molecule has 2 aliphatic rings. The molecule has 29 heavy (non-hydrogen) atoms. The zero-order valence-electron chi connectivity index (χ0n) is 17.0. The summed E-state index contributed by atoms with van der Waals surface area (Å²) in [5.74, 6) is -0.100. The number of hydrogen-bond donors (Lipinski definition) is 5. The molecule has 1 saturated carbocycles. The summed E-state index contributed by atoms with van der Waals surface area (Å²) in [7, 11) is 0. The average molecular weight is 404 g/mol. The first kappa shape index (κ1) is 21.1. The standard InChI is InChI=1S/C21H30FN5O2/c1-21(2,13-28)12-24-18-17(22)11-23-20(27-18)26-16-9-5-8-15(10-16)25-19(29)14-6-3-4-7-14/h5,8-11,14,20,24,26-28H,3-4,6-7,12-13H2,1-2H3,(H,25,29). The van der Waals surface area contributed by atoms with E-state index >= 15 is 0 Å². The number of carbonyl (C=O) groups excluding carboxylic acids is 1. The van der Waals surface area contributed by atoms with Crippen LogP contribution in [0.2, 0.25) is 0 Å². The summed E-state index contributed by atoms with van der Waals surface area (Å²) < 4.78 is 14.1. The van der Waals surface area contributed by atoms with Crippen LogP contribution in [0, 0.1) is 11.3 Å². The number of aliphatic hydroxyl groups is 1. The predicted octanol–water partition coefficient (Wildman–Crippen LogP) is 2.93. The minimum Gasteiger partial charge on any atom is -0.396 e. The summed E-state index contributed by atoms with van der Waals surface area (Å²) in [6, 6.07) is 7.39. The number of anilines is 2. The fraction of sp³-hybridized carbons (Fsp3) is 0.524. The van der Waals surface area contributed by atoms with E-state index in [2.05, 4.69) is 26.3 Å². The maximum absolute atomic E-state index is 14.1. The van der Waals surface area contributed by atoms with E-state index in [1.165, 1.54) is 0 Å². The van der Waals surface area contributed by atoms with Crippen molar-refractivity contribution in [2.24, 2.45) is 16.3 Å². The fourth-order valence-corrected chi connectivity index (χ4v) is 3.32. The van der Waals surface area contributed by atoms with Crippen LogP contribution in [0.25, 0.3) is 0 Å². The molecular formula is C21H30FN5O2. The van der Waals surface area contributed by atoms with Gasteiger partial charge < -0.3 is 26.4 Å². The Balaban J connectivity index is 1.57. The largest absolute Gasteiger partial charge is 0.396 e. The number of benzene rings is 1. The summed E-state index contributed by atoms with van der Waals surface area (Å²) in [5, 5.41) is 21.5. The lowest BCUT2D eigenvalue weighted by molar-refractivity contribution is -0.119. The van der Waals surface area contributed by atoms with E-state index < -0.39 is 12.1 Å². The maximum Gasteiger partial charge on any atom is 0.227 e. The third-order valence-corrected chi connectivity index (χ3v) is 5.19. The van der Waals surface area contributed by atoms with Crippen molar-refractivity contribution in [1.29, 1.82) is 0 Å². The molecule has 0 radical (unpaired) electrons. The molecule has 1 aromatic carbocycles. The Bertz CT molecular complexity index is 787. The normalized spacial score (nSPS) is 19.8. The summed E-state index contributed by atoms with van der Waals surface area (Å²) in [4.78, 5) is 16.4. The van der Waals surface area contributed by atoms with Crippen molar-refractivity contribution in [3.63, 3.8) is 0 Å². The molecule has 1 aliphatic heterocycles. The number of nitrogens with zero attached hydrogens (tertiary/aromatic N) is 1. The average Bonchev–Trinajstić information content (AvgIpc) is 3.24. The molecule has 158 valence electrons. The SMILES string of the molecule is CC(C)(CO)CNC1=C(F)C=NC(Nc2cccc(NC(=O)C3CCCC3)c2)N1. The van der Waals surface area contributed by atoms with Crippen molar-refractivity contribution in [3.8, 4) is 0 Å². The number of hydrogen-bond acceptors (Lipinski definition) is 6. The van der Waals surface area contributed by atoms with E-state index in [1.807, 2.05) is 38.1 Å². The van der Waals surface area contributed by atoms with Gasteiger partial charge in [0.15, 0.2) is 12.1 Å². The second-order valence-corrected chi connectivity index (χ2v) is 8.42. The Kier molecular flexibility index (Phi) is 6.74. The molecule has 8 heteroatoms. The zero-order chi connectivity index (χ0) is 20.9. The van der Waals surface area contributed by atoms with Crippen LogP contribution < -0.4 is 21.3 Å². The van der Waals surface area contributed by atoms with Gasteiger partial charge in [-0.2, -0.15) is 0 Å². The van der Waals surface area contributed by atoms with Gasteiger partial charge in [-0.25, -0.2) is 9.38 Å². The Morgan fingerprint density at radius 2 is 2.03 bits per heavy atom. The highest BCUT2D eigenvalue weighted by molar-refractivity contribution is 5.93. The minimum absolute atomic E-state index is 0.00988. The number of nitrogens with one attached hydrogen (secondary N) is 4. The van der Waals surface area contributed by atoms with Crippen LogP contribution in [0.5, 0.6) is 0 Å². The van der Waals surface area contributed by atoms with Crippen LogP contribution in [0.15, 0.2) is 40.9 Å². The lowest BCUT2D eigenvalue weighted by atomic mass is 9.95. The molecule has 5 N–H and O–H groups in total. The van der Waals surface area contributed by atoms with Crippen molar-refractivity contribution in [1.82, 2.24) is 10.6 Å². The molecule has 0 spiro atoms. The third kappa shape index (κ3) is 5.93. The smallest absolute Gasteiger partial charge is 0.227 e. The van der Waals surface area contributed by atoms with E-state index in [4.69, 9.17) is 0 Å². The molecule has 3 rings (SSSR count). The molecule has 1 heterocycles. The van der Waals surface area contributed by atoms with Crippen LogP contribution in [-0.4, -0.2) is 36.7 Å². The molecular weight excluding hydrogens is 373 g/mol. The van der Waals surface area contributed by atoms with Crippen LogP contribution in [0.4, 0.5) is 15.8 Å². The van der Waals surface area contributed by atoms with Crippen molar-refractivity contribution >= 4 is 23.5 Å². The van der Waals surface area contributed by atoms with Crippen LogP contribution in [0.1, 0.15) is 39.5 Å². The molecule has 1 fully saturated rings. The number of allylic oxidation sites excluding steroid dienone is 1. The summed E-state index contributed by atoms with van der Waals surface area (Å²) in [5.41, 5.74) is 1.09. The van der Waals surface area contributed by atoms with Crippen molar-refractivity contribution in [2.45, 2.75) is 45.8 Å². The van der Waals surface area contributed by atoms with E-state index in [1.54, 1.807) is 0 Å². The number of rotatable bonds is 8. The number of aliphatic imine (C=N–C) groups is 1. The van der Waals surface area contributed by atoms with Gasteiger partial charge in [-0.15, -0.1) is 0 Å². The molecule has 0 bridgehead atoms. The maximum atomic E-state index is 14.1. The van der Waals surface area contributed by atoms with E-state index in [9.17, 15) is 14.3 Å². The molecule has 1 aromatic rings. The van der Waals surface area contributed by atoms with Gasteiger partial charge in [-0.3, -0.25) is 4.79 Å². The first-order valence-corrected chi connectivity index (χ1v) is 10.1. The van der Waals surface area contributed by atoms with Crippen LogP contribution in [0.3, 0.4) is 0 Å². The third-order valence-electron chi connectivity index (χ3n) is 5.19. The van der Waals surface area contributed by atoms with Gasteiger partial charge in [-0.1, -0.05) is 32.8 Å². The number of aliphatic hydroxyl groups excluding tert-OH is 1. The van der Waals surface area contributed by atoms with Gasteiger partial charge in [0, 0.05) is 35.9 Å². The number of halogens is 1. The summed E-state index contributed by atoms with van der Waals surface area (Å²) in [6.45, 7) is 4.17. The monoisotopic (exact) mass is 403 g/mol. The van der Waals surface area contributed by atoms with E-state index in [-0.39, 0.29) is 29.7 Å². The highest BCUT2D eigenvalue weighted by Crippen LogP contribution is 2.26. The van der Waals surface area contributed by atoms with Gasteiger partial charge in [0.05, 0.1) is 6.21 Å². The van der Waals surface area contributed by atoms with E-state index in [0.29, 0.717) is 6.54 Å². The zero-order valence-corrected chi connectivity index (χ0v) is 17.0. The van der Waals surface area contributed by atoms with Gasteiger partial charge in [-0.05, 0) is 31.0 Å². The first-order chi connectivity index (χ1) is 13.9. The van der Waals surface area contributed by atoms with Crippen molar-refractivity contribution < 1.29 is 14.3 Å². The topological polar surface area (TPSA) is 97.8 Å². The lowest BCUT2D eigenvalue weighted by Crippen LogP contribution is -2.44. The Morgan fingerprint density at radius 1 is 1.31 bits per heavy atom. The molecule has 1 atom stereocenters. The van der Waals surface area contributed by atoms with Gasteiger partial charge in [0.1, 0.15) is 5.82 Å². The molecule has 1 unspecified atom stereocenters. The summed E-state index contributed by atoms with van der Waals surface area (Å²) >= 11 is 0. The minimum atomic E-state index is -0.560. The Labute approximate surface area is 170 Å². The van der Waals surface area contributed by atoms with Crippen molar-refractivity contribution in [3.05, 3.63) is 35.9 Å². The molecule has 0 saturated heterocycles. The second kappa shape index (κ2) is 9.26. The highest BCUT2D eigenvalue weighted by atomic mass is 19.1. The lowest BCUT2D eigenvalue weighted by Gasteiger charge is -2.28. The van der Waals surface area contributed by atoms with Crippen molar-refractivity contribution in [2.75, 3.05) is 23.8 Å². The Morgan fingerprint density at radius 3 is 2.76 bits per heavy atom. The molecule has 1 aliphatic carbocycles. The Hall–Kier alpha value is -2.61. The highest BCUT2D eigenvalue weighted by Gasteiger charge is 2.23. The molecule has 7 nitrogen and oxygen atoms in total. The number of carbonyl (C=O) groups is 1. The van der Waals surface area contributed by atoms with Gasteiger partial charge >= 0.3 is 0 Å². The molecule has 1 amide bonds.